The first kappa shape index (κ1) is 14.4. The molecule has 0 saturated heterocycles. The van der Waals surface area contributed by atoms with Gasteiger partial charge >= 0.3 is 0 Å². The van der Waals surface area contributed by atoms with E-state index in [1.807, 2.05) is 6.92 Å². The van der Waals surface area contributed by atoms with E-state index >= 15 is 0 Å². The van der Waals surface area contributed by atoms with Gasteiger partial charge in [0.25, 0.3) is 0 Å². The number of carbonyl (C=O) groups excluding carboxylic acids is 1. The van der Waals surface area contributed by atoms with Crippen molar-refractivity contribution in [2.45, 2.75) is 65.2 Å². The van der Waals surface area contributed by atoms with E-state index in [2.05, 4.69) is 13.5 Å². The fourth-order valence-corrected chi connectivity index (χ4v) is 2.00. The average Bonchev–Trinajstić information content (AvgIpc) is 2.22. The average molecular weight is 210 g/mol. The largest absolute Gasteiger partial charge is 0.299 e. The molecule has 0 aliphatic heterocycles. The van der Waals surface area contributed by atoms with Gasteiger partial charge in [0.1, 0.15) is 5.78 Å². The summed E-state index contributed by atoms with van der Waals surface area (Å²) in [5.41, 5.74) is 0. The minimum absolute atomic E-state index is 0.435. The zero-order valence-corrected chi connectivity index (χ0v) is 10.4. The second-order valence-electron chi connectivity index (χ2n) is 4.31. The van der Waals surface area contributed by atoms with Gasteiger partial charge in [-0.2, -0.15) is 0 Å². The van der Waals surface area contributed by atoms with E-state index in [1.54, 1.807) is 6.08 Å². The van der Waals surface area contributed by atoms with E-state index in [1.165, 1.54) is 32.1 Å². The number of Topliss-reactive ketones (excluding diaryl/α,β-unsaturated/α-hetero) is 1. The van der Waals surface area contributed by atoms with Crippen molar-refractivity contribution < 1.29 is 4.79 Å². The minimum Gasteiger partial charge on any atom is -0.299 e. The SMILES string of the molecule is C=CC.CCCCCC1CCCCC1=O. The predicted molar refractivity (Wildman–Crippen MR) is 67.0 cm³/mol. The van der Waals surface area contributed by atoms with Crippen molar-refractivity contribution in [3.63, 3.8) is 0 Å². The second-order valence-corrected chi connectivity index (χ2v) is 4.31. The van der Waals surface area contributed by atoms with Gasteiger partial charge in [0.05, 0.1) is 0 Å². The number of hydrogen-bond donors (Lipinski definition) is 0. The summed E-state index contributed by atoms with van der Waals surface area (Å²) in [6.07, 6.45) is 11.2. The molecule has 15 heavy (non-hydrogen) atoms. The molecule has 0 heterocycles. The third-order valence-electron chi connectivity index (χ3n) is 2.84. The van der Waals surface area contributed by atoms with Gasteiger partial charge in [0.15, 0.2) is 0 Å². The molecule has 1 saturated carbocycles. The van der Waals surface area contributed by atoms with E-state index in [9.17, 15) is 4.79 Å². The van der Waals surface area contributed by atoms with E-state index in [-0.39, 0.29) is 0 Å². The highest BCUT2D eigenvalue weighted by atomic mass is 16.1. The molecule has 0 bridgehead atoms. The zero-order chi connectivity index (χ0) is 11.5. The van der Waals surface area contributed by atoms with Crippen molar-refractivity contribution in [1.82, 2.24) is 0 Å². The summed E-state index contributed by atoms with van der Waals surface area (Å²) < 4.78 is 0. The lowest BCUT2D eigenvalue weighted by Gasteiger charge is -2.19. The maximum absolute atomic E-state index is 11.4. The first-order valence-electron chi connectivity index (χ1n) is 6.36. The first-order valence-corrected chi connectivity index (χ1v) is 6.36. The van der Waals surface area contributed by atoms with Gasteiger partial charge in [-0.1, -0.05) is 38.7 Å². The van der Waals surface area contributed by atoms with Crippen LogP contribution in [0.1, 0.15) is 65.2 Å². The van der Waals surface area contributed by atoms with Crippen LogP contribution in [0.2, 0.25) is 0 Å². The fraction of sp³-hybridized carbons (Fsp3) is 0.786. The van der Waals surface area contributed by atoms with Crippen molar-refractivity contribution >= 4 is 5.78 Å². The van der Waals surface area contributed by atoms with Crippen LogP contribution in [-0.2, 0) is 4.79 Å². The summed E-state index contributed by atoms with van der Waals surface area (Å²) in [5, 5.41) is 0. The molecule has 0 amide bonds. The molecule has 1 unspecified atom stereocenters. The van der Waals surface area contributed by atoms with Crippen LogP contribution < -0.4 is 0 Å². The predicted octanol–water partition coefficient (Wildman–Crippen LogP) is 4.52. The van der Waals surface area contributed by atoms with Gasteiger partial charge in [-0.3, -0.25) is 4.79 Å². The molecule has 1 heteroatoms. The van der Waals surface area contributed by atoms with Gasteiger partial charge in [0.2, 0.25) is 0 Å². The van der Waals surface area contributed by atoms with Crippen molar-refractivity contribution in [1.29, 1.82) is 0 Å². The monoisotopic (exact) mass is 210 g/mol. The van der Waals surface area contributed by atoms with Gasteiger partial charge in [0, 0.05) is 12.3 Å². The van der Waals surface area contributed by atoms with Gasteiger partial charge in [-0.25, -0.2) is 0 Å². The number of ketones is 1. The molecule has 1 fully saturated rings. The highest BCUT2D eigenvalue weighted by molar-refractivity contribution is 5.81. The van der Waals surface area contributed by atoms with Crippen LogP contribution in [0, 0.1) is 5.92 Å². The topological polar surface area (TPSA) is 17.1 Å². The molecule has 0 aromatic heterocycles. The molecule has 88 valence electrons. The minimum atomic E-state index is 0.435. The molecule has 1 atom stereocenters. The maximum atomic E-state index is 11.4. The van der Waals surface area contributed by atoms with E-state index in [0.29, 0.717) is 11.7 Å². The molecular weight excluding hydrogens is 184 g/mol. The van der Waals surface area contributed by atoms with Crippen LogP contribution in [0.5, 0.6) is 0 Å². The Balaban J connectivity index is 0.000000583. The number of rotatable bonds is 4. The normalized spacial score (nSPS) is 20.4. The molecular formula is C14H26O. The summed E-state index contributed by atoms with van der Waals surface area (Å²) in [6, 6.07) is 0. The number of allylic oxidation sites excluding steroid dienone is 1. The van der Waals surface area contributed by atoms with Crippen LogP contribution in [0.15, 0.2) is 12.7 Å². The Morgan fingerprint density at radius 1 is 1.40 bits per heavy atom. The van der Waals surface area contributed by atoms with Gasteiger partial charge < -0.3 is 0 Å². The Morgan fingerprint density at radius 3 is 2.60 bits per heavy atom. The van der Waals surface area contributed by atoms with Crippen molar-refractivity contribution in [3.05, 3.63) is 12.7 Å². The lowest BCUT2D eigenvalue weighted by molar-refractivity contribution is -0.124. The third kappa shape index (κ3) is 7.35. The molecule has 1 aliphatic carbocycles. The van der Waals surface area contributed by atoms with E-state index in [4.69, 9.17) is 0 Å². The van der Waals surface area contributed by atoms with Crippen molar-refractivity contribution in [2.24, 2.45) is 5.92 Å². The highest BCUT2D eigenvalue weighted by Crippen LogP contribution is 2.25. The fourth-order valence-electron chi connectivity index (χ4n) is 2.00. The standard InChI is InChI=1S/C11H20O.C3H6/c1-2-3-4-7-10-8-5-6-9-11(10)12;1-3-2/h10H,2-9H2,1H3;3H,1H2,2H3. The lowest BCUT2D eigenvalue weighted by atomic mass is 9.84. The molecule has 0 N–H and O–H groups in total. The molecule has 0 spiro atoms. The summed E-state index contributed by atoms with van der Waals surface area (Å²) in [4.78, 5) is 11.4. The molecule has 1 aliphatic rings. The van der Waals surface area contributed by atoms with Crippen LogP contribution in [0.4, 0.5) is 0 Å². The van der Waals surface area contributed by atoms with E-state index in [0.717, 1.165) is 19.3 Å². The Morgan fingerprint density at radius 2 is 2.07 bits per heavy atom. The Bertz CT molecular complexity index is 172. The lowest BCUT2D eigenvalue weighted by Crippen LogP contribution is -2.18. The highest BCUT2D eigenvalue weighted by Gasteiger charge is 2.20. The van der Waals surface area contributed by atoms with E-state index < -0.39 is 0 Å². The summed E-state index contributed by atoms with van der Waals surface area (Å²) in [6.45, 7) is 7.46. The second kappa shape index (κ2) is 9.95. The molecule has 0 aromatic carbocycles. The molecule has 0 radical (unpaired) electrons. The number of hydrogen-bond acceptors (Lipinski definition) is 1. The Labute approximate surface area is 95.0 Å². The van der Waals surface area contributed by atoms with Crippen LogP contribution >= 0.6 is 0 Å². The van der Waals surface area contributed by atoms with Crippen LogP contribution in [0.3, 0.4) is 0 Å². The van der Waals surface area contributed by atoms with Crippen molar-refractivity contribution in [3.8, 4) is 0 Å². The number of carbonyl (C=O) groups is 1. The van der Waals surface area contributed by atoms with Gasteiger partial charge in [-0.05, 0) is 26.2 Å². The summed E-state index contributed by atoms with van der Waals surface area (Å²) >= 11 is 0. The smallest absolute Gasteiger partial charge is 0.135 e. The molecule has 1 nitrogen and oxygen atoms in total. The van der Waals surface area contributed by atoms with Crippen molar-refractivity contribution in [2.75, 3.05) is 0 Å². The summed E-state index contributed by atoms with van der Waals surface area (Å²) in [5.74, 6) is 0.975. The van der Waals surface area contributed by atoms with Crippen LogP contribution in [0.25, 0.3) is 0 Å². The zero-order valence-electron chi connectivity index (χ0n) is 10.4. The molecule has 1 rings (SSSR count). The number of unbranched alkanes of at least 4 members (excludes halogenated alkanes) is 2. The third-order valence-corrected chi connectivity index (χ3v) is 2.84. The summed E-state index contributed by atoms with van der Waals surface area (Å²) in [7, 11) is 0. The quantitative estimate of drug-likeness (QED) is 0.492. The van der Waals surface area contributed by atoms with Gasteiger partial charge in [-0.15, -0.1) is 6.58 Å². The maximum Gasteiger partial charge on any atom is 0.135 e. The Kier molecular flexibility index (Phi) is 9.55. The Hall–Kier alpha value is -0.590. The molecule has 0 aromatic rings. The first-order chi connectivity index (χ1) is 7.26. The van der Waals surface area contributed by atoms with Crippen LogP contribution in [-0.4, -0.2) is 5.78 Å².